The van der Waals surface area contributed by atoms with E-state index < -0.39 is 5.60 Å². The average molecular weight is 291 g/mol. The topological polar surface area (TPSA) is 71.6 Å². The number of pyridine rings is 1. The fraction of sp³-hybridized carbons (Fsp3) is 0.688. The summed E-state index contributed by atoms with van der Waals surface area (Å²) in [6.45, 7) is 4.20. The highest BCUT2D eigenvalue weighted by atomic mass is 16.5. The van der Waals surface area contributed by atoms with Crippen LogP contribution in [0.2, 0.25) is 0 Å². The molecule has 1 saturated heterocycles. The van der Waals surface area contributed by atoms with Crippen molar-refractivity contribution >= 4 is 11.5 Å². The average Bonchev–Trinajstić information content (AvgIpc) is 2.49. The third-order valence-electron chi connectivity index (χ3n) is 4.91. The molecule has 2 aliphatic rings. The molecule has 0 spiro atoms. The lowest BCUT2D eigenvalue weighted by molar-refractivity contribution is -0.0613. The molecule has 0 amide bonds. The van der Waals surface area contributed by atoms with Crippen LogP contribution in [0.15, 0.2) is 12.1 Å². The Morgan fingerprint density at radius 1 is 1.43 bits per heavy atom. The summed E-state index contributed by atoms with van der Waals surface area (Å²) < 4.78 is 5.48. The number of ether oxygens (including phenoxy) is 1. The van der Waals surface area contributed by atoms with E-state index in [1.807, 2.05) is 19.1 Å². The molecule has 1 aromatic rings. The maximum atomic E-state index is 10.7. The summed E-state index contributed by atoms with van der Waals surface area (Å²) in [5, 5.41) is 10.7. The van der Waals surface area contributed by atoms with Crippen molar-refractivity contribution in [3.63, 3.8) is 0 Å². The van der Waals surface area contributed by atoms with Gasteiger partial charge >= 0.3 is 0 Å². The summed E-state index contributed by atoms with van der Waals surface area (Å²) >= 11 is 0. The van der Waals surface area contributed by atoms with Gasteiger partial charge in [0.25, 0.3) is 0 Å². The highest BCUT2D eigenvalue weighted by Gasteiger charge is 2.43. The Labute approximate surface area is 126 Å². The van der Waals surface area contributed by atoms with Crippen LogP contribution in [-0.4, -0.2) is 35.4 Å². The number of piperidine rings is 1. The molecular formula is C16H25N3O2. The number of anilines is 2. The zero-order valence-electron chi connectivity index (χ0n) is 12.7. The molecular weight excluding hydrogens is 266 g/mol. The molecule has 5 nitrogen and oxygen atoms in total. The minimum absolute atomic E-state index is 0.356. The number of nitrogen functional groups attached to an aromatic ring is 1. The number of hydrogen-bond acceptors (Lipinski definition) is 5. The summed E-state index contributed by atoms with van der Waals surface area (Å²) in [5.74, 6) is 1.77. The van der Waals surface area contributed by atoms with Crippen LogP contribution in [0.4, 0.5) is 11.5 Å². The predicted octanol–water partition coefficient (Wildman–Crippen LogP) is 2.19. The Kier molecular flexibility index (Phi) is 3.93. The Morgan fingerprint density at radius 2 is 2.29 bits per heavy atom. The fourth-order valence-electron chi connectivity index (χ4n) is 3.65. The van der Waals surface area contributed by atoms with Crippen LogP contribution < -0.4 is 15.4 Å². The number of hydrogen-bond donors (Lipinski definition) is 2. The van der Waals surface area contributed by atoms with Crippen molar-refractivity contribution in [3.8, 4) is 5.88 Å². The van der Waals surface area contributed by atoms with E-state index in [4.69, 9.17) is 10.5 Å². The molecule has 2 unspecified atom stereocenters. The van der Waals surface area contributed by atoms with Crippen LogP contribution in [0, 0.1) is 5.92 Å². The first-order chi connectivity index (χ1) is 10.1. The monoisotopic (exact) mass is 291 g/mol. The van der Waals surface area contributed by atoms with Gasteiger partial charge in [-0.3, -0.25) is 0 Å². The van der Waals surface area contributed by atoms with Crippen LogP contribution in [0.25, 0.3) is 0 Å². The third kappa shape index (κ3) is 2.79. The van der Waals surface area contributed by atoms with Gasteiger partial charge in [0.15, 0.2) is 0 Å². The maximum Gasteiger partial charge on any atom is 0.239 e. The molecule has 1 aromatic heterocycles. The van der Waals surface area contributed by atoms with Crippen LogP contribution in [0.3, 0.4) is 0 Å². The molecule has 3 N–H and O–H groups in total. The van der Waals surface area contributed by atoms with Gasteiger partial charge in [0.2, 0.25) is 5.88 Å². The van der Waals surface area contributed by atoms with Gasteiger partial charge in [-0.25, -0.2) is 0 Å². The molecule has 1 aliphatic heterocycles. The van der Waals surface area contributed by atoms with Gasteiger partial charge in [-0.05, 0) is 38.3 Å². The second-order valence-electron chi connectivity index (χ2n) is 6.24. The van der Waals surface area contributed by atoms with Crippen LogP contribution in [-0.2, 0) is 0 Å². The molecule has 3 rings (SSSR count). The predicted molar refractivity (Wildman–Crippen MR) is 83.6 cm³/mol. The fourth-order valence-corrected chi connectivity index (χ4v) is 3.65. The van der Waals surface area contributed by atoms with Crippen molar-refractivity contribution in [1.82, 2.24) is 4.98 Å². The minimum Gasteiger partial charge on any atom is -0.476 e. The lowest BCUT2D eigenvalue weighted by Gasteiger charge is -2.47. The first kappa shape index (κ1) is 14.4. The van der Waals surface area contributed by atoms with Gasteiger partial charge in [0, 0.05) is 19.0 Å². The van der Waals surface area contributed by atoms with Gasteiger partial charge < -0.3 is 20.5 Å². The summed E-state index contributed by atoms with van der Waals surface area (Å²) in [4.78, 5) is 6.80. The molecule has 5 heteroatoms. The quantitative estimate of drug-likeness (QED) is 0.893. The van der Waals surface area contributed by atoms with Gasteiger partial charge in [-0.2, -0.15) is 4.98 Å². The Bertz CT molecular complexity index is 508. The van der Waals surface area contributed by atoms with Crippen molar-refractivity contribution < 1.29 is 9.84 Å². The van der Waals surface area contributed by atoms with E-state index in [0.29, 0.717) is 24.1 Å². The second-order valence-corrected chi connectivity index (χ2v) is 6.24. The highest BCUT2D eigenvalue weighted by molar-refractivity contribution is 5.54. The minimum atomic E-state index is -0.453. The van der Waals surface area contributed by atoms with E-state index in [0.717, 1.165) is 44.6 Å². The van der Waals surface area contributed by atoms with E-state index >= 15 is 0 Å². The Balaban J connectivity index is 1.77. The van der Waals surface area contributed by atoms with Crippen molar-refractivity contribution in [2.24, 2.45) is 5.92 Å². The zero-order chi connectivity index (χ0) is 14.9. The Morgan fingerprint density at radius 3 is 3.10 bits per heavy atom. The summed E-state index contributed by atoms with van der Waals surface area (Å²) in [7, 11) is 0. The lowest BCUT2D eigenvalue weighted by Crippen LogP contribution is -2.53. The molecule has 2 heterocycles. The summed E-state index contributed by atoms with van der Waals surface area (Å²) in [6.07, 6.45) is 5.26. The standard InChI is InChI=1S/C16H25N3O2/c1-2-21-15-13(17)6-7-14(18-15)19-10-9-16(20)8-4-3-5-12(16)11-19/h6-7,12,20H,2-5,8-11,17H2,1H3. The highest BCUT2D eigenvalue weighted by Crippen LogP contribution is 2.40. The normalized spacial score (nSPS) is 29.0. The molecule has 0 bridgehead atoms. The lowest BCUT2D eigenvalue weighted by atomic mass is 9.71. The molecule has 0 radical (unpaired) electrons. The SMILES string of the molecule is CCOc1nc(N2CCC3(O)CCCCC3C2)ccc1N. The number of nitrogens with zero attached hydrogens (tertiary/aromatic N) is 2. The van der Waals surface area contributed by atoms with Gasteiger partial charge in [0.1, 0.15) is 5.82 Å². The number of nitrogens with two attached hydrogens (primary N) is 1. The number of aromatic nitrogens is 1. The smallest absolute Gasteiger partial charge is 0.239 e. The van der Waals surface area contributed by atoms with Crippen LogP contribution >= 0.6 is 0 Å². The van der Waals surface area contributed by atoms with E-state index in [1.165, 1.54) is 6.42 Å². The van der Waals surface area contributed by atoms with Crippen molar-refractivity contribution in [2.75, 3.05) is 30.3 Å². The van der Waals surface area contributed by atoms with Crippen LogP contribution in [0.1, 0.15) is 39.0 Å². The van der Waals surface area contributed by atoms with Crippen LogP contribution in [0.5, 0.6) is 5.88 Å². The van der Waals surface area contributed by atoms with E-state index in [9.17, 15) is 5.11 Å². The zero-order valence-corrected chi connectivity index (χ0v) is 12.7. The molecule has 1 saturated carbocycles. The molecule has 116 valence electrons. The third-order valence-corrected chi connectivity index (χ3v) is 4.91. The number of fused-ring (bicyclic) bond motifs is 1. The van der Waals surface area contributed by atoms with E-state index in [-0.39, 0.29) is 0 Å². The van der Waals surface area contributed by atoms with Crippen molar-refractivity contribution in [3.05, 3.63) is 12.1 Å². The summed E-state index contributed by atoms with van der Waals surface area (Å²) in [5.41, 5.74) is 6.01. The Hall–Kier alpha value is -1.49. The molecule has 2 fully saturated rings. The first-order valence-electron chi connectivity index (χ1n) is 7.99. The number of rotatable bonds is 3. The molecule has 21 heavy (non-hydrogen) atoms. The maximum absolute atomic E-state index is 10.7. The van der Waals surface area contributed by atoms with Crippen molar-refractivity contribution in [1.29, 1.82) is 0 Å². The van der Waals surface area contributed by atoms with E-state index in [2.05, 4.69) is 9.88 Å². The van der Waals surface area contributed by atoms with E-state index in [1.54, 1.807) is 0 Å². The second kappa shape index (κ2) is 5.72. The van der Waals surface area contributed by atoms with Gasteiger partial charge in [-0.1, -0.05) is 12.8 Å². The summed E-state index contributed by atoms with van der Waals surface area (Å²) in [6, 6.07) is 3.81. The van der Waals surface area contributed by atoms with Crippen molar-refractivity contribution in [2.45, 2.75) is 44.6 Å². The van der Waals surface area contributed by atoms with Gasteiger partial charge in [-0.15, -0.1) is 0 Å². The largest absolute Gasteiger partial charge is 0.476 e. The van der Waals surface area contributed by atoms with Gasteiger partial charge in [0.05, 0.1) is 17.9 Å². The molecule has 1 aliphatic carbocycles. The number of aliphatic hydroxyl groups is 1. The first-order valence-corrected chi connectivity index (χ1v) is 7.99. The molecule has 0 aromatic carbocycles. The molecule has 2 atom stereocenters.